The Bertz CT molecular complexity index is 626. The molecule has 23 heavy (non-hydrogen) atoms. The van der Waals surface area contributed by atoms with Crippen LogP contribution in [-0.4, -0.2) is 25.6 Å². The minimum Gasteiger partial charge on any atom is -0.325 e. The number of hydrogen-bond acceptors (Lipinski definition) is 4. The van der Waals surface area contributed by atoms with Gasteiger partial charge in [0.2, 0.25) is 5.91 Å². The molecule has 0 radical (unpaired) electrons. The summed E-state index contributed by atoms with van der Waals surface area (Å²) in [6.07, 6.45) is 4.65. The van der Waals surface area contributed by atoms with E-state index in [-0.39, 0.29) is 29.3 Å². The van der Waals surface area contributed by atoms with E-state index in [0.29, 0.717) is 11.3 Å². The van der Waals surface area contributed by atoms with Crippen LogP contribution in [-0.2, 0) is 20.4 Å². The highest BCUT2D eigenvalue weighted by Gasteiger charge is 2.27. The fourth-order valence-electron chi connectivity index (χ4n) is 2.77. The highest BCUT2D eigenvalue weighted by Crippen LogP contribution is 2.26. The standard InChI is InChI=1S/C16H24N2O3S.ClH/c1-12(17)16(19)18-14-7-5-6-13(10-14)11-22(20,21)15-8-3-2-4-9-15;/h5-7,10,12,15H,2-4,8-9,11,17H2,1H3,(H,18,19);1H/t12-;/m0./s1. The lowest BCUT2D eigenvalue weighted by atomic mass is 10.0. The molecule has 0 aliphatic heterocycles. The summed E-state index contributed by atoms with van der Waals surface area (Å²) in [5.74, 6) is -0.258. The van der Waals surface area contributed by atoms with Gasteiger partial charge in [0.05, 0.1) is 17.0 Å². The first kappa shape index (κ1) is 19.9. The monoisotopic (exact) mass is 360 g/mol. The zero-order valence-corrected chi connectivity index (χ0v) is 15.0. The summed E-state index contributed by atoms with van der Waals surface area (Å²) in [6.45, 7) is 1.60. The van der Waals surface area contributed by atoms with Crippen LogP contribution in [0.2, 0.25) is 0 Å². The van der Waals surface area contributed by atoms with E-state index in [4.69, 9.17) is 5.73 Å². The largest absolute Gasteiger partial charge is 0.325 e. The van der Waals surface area contributed by atoms with Crippen molar-refractivity contribution >= 4 is 33.8 Å². The van der Waals surface area contributed by atoms with Gasteiger partial charge in [-0.15, -0.1) is 12.4 Å². The van der Waals surface area contributed by atoms with Gasteiger partial charge in [-0.05, 0) is 37.5 Å². The van der Waals surface area contributed by atoms with Gasteiger partial charge >= 0.3 is 0 Å². The summed E-state index contributed by atoms with van der Waals surface area (Å²) in [6, 6.07) is 6.37. The number of carbonyl (C=O) groups excluding carboxylic acids is 1. The van der Waals surface area contributed by atoms with Crippen molar-refractivity contribution in [3.63, 3.8) is 0 Å². The molecule has 1 saturated carbocycles. The highest BCUT2D eigenvalue weighted by atomic mass is 35.5. The van der Waals surface area contributed by atoms with Gasteiger partial charge in [0.25, 0.3) is 0 Å². The number of anilines is 1. The summed E-state index contributed by atoms with van der Waals surface area (Å²) in [5.41, 5.74) is 6.80. The maximum Gasteiger partial charge on any atom is 0.240 e. The third-order valence-corrected chi connectivity index (χ3v) is 6.26. The highest BCUT2D eigenvalue weighted by molar-refractivity contribution is 7.91. The number of hydrogen-bond donors (Lipinski definition) is 2. The number of carbonyl (C=O) groups is 1. The van der Waals surface area contributed by atoms with Crippen molar-refractivity contribution in [2.45, 2.75) is 56.1 Å². The van der Waals surface area contributed by atoms with Gasteiger partial charge in [0, 0.05) is 5.69 Å². The predicted octanol–water partition coefficient (Wildman–Crippen LogP) is 2.64. The number of benzene rings is 1. The molecular weight excluding hydrogens is 336 g/mol. The van der Waals surface area contributed by atoms with Crippen LogP contribution in [0.15, 0.2) is 24.3 Å². The van der Waals surface area contributed by atoms with E-state index in [2.05, 4.69) is 5.32 Å². The van der Waals surface area contributed by atoms with Crippen molar-refractivity contribution < 1.29 is 13.2 Å². The fraction of sp³-hybridized carbons (Fsp3) is 0.562. The molecule has 1 amide bonds. The Morgan fingerprint density at radius 2 is 1.96 bits per heavy atom. The van der Waals surface area contributed by atoms with Crippen molar-refractivity contribution in [1.29, 1.82) is 0 Å². The van der Waals surface area contributed by atoms with Crippen LogP contribution in [0, 0.1) is 0 Å². The van der Waals surface area contributed by atoms with Crippen LogP contribution in [0.5, 0.6) is 0 Å². The normalized spacial score (nSPS) is 17.1. The summed E-state index contributed by atoms with van der Waals surface area (Å²) in [4.78, 5) is 11.6. The molecule has 130 valence electrons. The molecule has 1 fully saturated rings. The Hall–Kier alpha value is -1.11. The summed E-state index contributed by atoms with van der Waals surface area (Å²) < 4.78 is 25.0. The van der Waals surface area contributed by atoms with Crippen LogP contribution >= 0.6 is 12.4 Å². The second-order valence-corrected chi connectivity index (χ2v) is 8.33. The second-order valence-electron chi connectivity index (χ2n) is 6.05. The summed E-state index contributed by atoms with van der Waals surface area (Å²) in [5, 5.41) is 2.47. The van der Waals surface area contributed by atoms with E-state index in [1.54, 1.807) is 31.2 Å². The zero-order valence-electron chi connectivity index (χ0n) is 13.3. The average Bonchev–Trinajstić information content (AvgIpc) is 2.48. The second kappa shape index (κ2) is 8.66. The molecule has 3 N–H and O–H groups in total. The molecule has 5 nitrogen and oxygen atoms in total. The molecule has 0 spiro atoms. The first-order chi connectivity index (χ1) is 10.4. The van der Waals surface area contributed by atoms with Gasteiger partial charge in [-0.2, -0.15) is 0 Å². The minimum atomic E-state index is -3.14. The molecule has 1 aliphatic carbocycles. The van der Waals surface area contributed by atoms with E-state index in [9.17, 15) is 13.2 Å². The van der Waals surface area contributed by atoms with E-state index in [0.717, 1.165) is 32.1 Å². The molecule has 1 aliphatic rings. The van der Waals surface area contributed by atoms with Crippen molar-refractivity contribution in [1.82, 2.24) is 0 Å². The topological polar surface area (TPSA) is 89.3 Å². The summed E-state index contributed by atoms with van der Waals surface area (Å²) >= 11 is 0. The lowest BCUT2D eigenvalue weighted by molar-refractivity contribution is -0.117. The number of nitrogens with two attached hydrogens (primary N) is 1. The van der Waals surface area contributed by atoms with Crippen LogP contribution < -0.4 is 11.1 Å². The Morgan fingerprint density at radius 1 is 1.30 bits per heavy atom. The van der Waals surface area contributed by atoms with Crippen LogP contribution in [0.3, 0.4) is 0 Å². The van der Waals surface area contributed by atoms with E-state index >= 15 is 0 Å². The van der Waals surface area contributed by atoms with E-state index in [1.165, 1.54) is 0 Å². The van der Waals surface area contributed by atoms with Gasteiger partial charge in [-0.3, -0.25) is 4.79 Å². The molecule has 0 heterocycles. The molecule has 0 unspecified atom stereocenters. The smallest absolute Gasteiger partial charge is 0.240 e. The van der Waals surface area contributed by atoms with Crippen LogP contribution in [0.4, 0.5) is 5.69 Å². The maximum absolute atomic E-state index is 12.5. The molecule has 1 aromatic carbocycles. The van der Waals surface area contributed by atoms with Crippen molar-refractivity contribution in [2.24, 2.45) is 5.73 Å². The SMILES string of the molecule is C[C@H](N)C(=O)Nc1cccc(CS(=O)(=O)C2CCCCC2)c1.Cl. The van der Waals surface area contributed by atoms with Crippen LogP contribution in [0.25, 0.3) is 0 Å². The van der Waals surface area contributed by atoms with Crippen molar-refractivity contribution in [2.75, 3.05) is 5.32 Å². The van der Waals surface area contributed by atoms with Gasteiger partial charge < -0.3 is 11.1 Å². The lowest BCUT2D eigenvalue weighted by Crippen LogP contribution is -2.32. The lowest BCUT2D eigenvalue weighted by Gasteiger charge is -2.21. The third-order valence-electron chi connectivity index (χ3n) is 4.04. The van der Waals surface area contributed by atoms with Crippen LogP contribution in [0.1, 0.15) is 44.6 Å². The van der Waals surface area contributed by atoms with E-state index < -0.39 is 15.9 Å². The predicted molar refractivity (Wildman–Crippen MR) is 95.5 cm³/mol. The third kappa shape index (κ3) is 5.79. The van der Waals surface area contributed by atoms with Crippen molar-refractivity contribution in [3.05, 3.63) is 29.8 Å². The van der Waals surface area contributed by atoms with Gasteiger partial charge in [0.1, 0.15) is 0 Å². The fourth-order valence-corrected chi connectivity index (χ4v) is 4.70. The maximum atomic E-state index is 12.5. The molecule has 0 saturated heterocycles. The number of rotatable bonds is 5. The molecular formula is C16H25ClN2O3S. The molecule has 1 atom stereocenters. The van der Waals surface area contributed by atoms with Crippen molar-refractivity contribution in [3.8, 4) is 0 Å². The van der Waals surface area contributed by atoms with Gasteiger partial charge in [-0.25, -0.2) is 8.42 Å². The molecule has 0 aromatic heterocycles. The number of halogens is 1. The Balaban J connectivity index is 0.00000264. The number of sulfone groups is 1. The summed E-state index contributed by atoms with van der Waals surface area (Å²) in [7, 11) is -3.14. The molecule has 1 aromatic rings. The quantitative estimate of drug-likeness (QED) is 0.844. The first-order valence-corrected chi connectivity index (χ1v) is 9.47. The number of nitrogens with one attached hydrogen (secondary N) is 1. The molecule has 2 rings (SSSR count). The minimum absolute atomic E-state index is 0. The Kier molecular flexibility index (Phi) is 7.51. The van der Waals surface area contributed by atoms with Gasteiger partial charge in [0.15, 0.2) is 9.84 Å². The first-order valence-electron chi connectivity index (χ1n) is 7.75. The Labute approximate surface area is 144 Å². The van der Waals surface area contributed by atoms with E-state index in [1.807, 2.05) is 0 Å². The zero-order chi connectivity index (χ0) is 16.2. The Morgan fingerprint density at radius 3 is 2.57 bits per heavy atom. The molecule has 7 heteroatoms. The number of amides is 1. The average molecular weight is 361 g/mol. The van der Waals surface area contributed by atoms with Gasteiger partial charge in [-0.1, -0.05) is 31.4 Å². The molecule has 0 bridgehead atoms.